The molecule has 0 amide bonds. The first kappa shape index (κ1) is 9.14. The predicted molar refractivity (Wildman–Crippen MR) is 60.4 cm³/mol. The van der Waals surface area contributed by atoms with E-state index in [-0.39, 0.29) is 5.78 Å². The molecule has 0 radical (unpaired) electrons. The average molecular weight is 200 g/mol. The van der Waals surface area contributed by atoms with Crippen molar-refractivity contribution in [2.45, 2.75) is 32.1 Å². The van der Waals surface area contributed by atoms with Gasteiger partial charge in [-0.15, -0.1) is 0 Å². The SMILES string of the molecule is O=C1C=C2CCCCC2C2CC=CC=C12. The van der Waals surface area contributed by atoms with Crippen molar-refractivity contribution in [3.05, 3.63) is 35.5 Å². The van der Waals surface area contributed by atoms with E-state index in [0.29, 0.717) is 11.8 Å². The standard InChI is InChI=1S/C14H16O/c15-14-9-10-5-1-2-6-11(10)12-7-3-4-8-13(12)14/h3-4,8-9,11-12H,1-2,5-7H2. The number of hydrogen-bond acceptors (Lipinski definition) is 1. The average Bonchev–Trinajstić information content (AvgIpc) is 2.30. The summed E-state index contributed by atoms with van der Waals surface area (Å²) in [5.41, 5.74) is 2.50. The van der Waals surface area contributed by atoms with Gasteiger partial charge in [-0.05, 0) is 43.6 Å². The molecule has 15 heavy (non-hydrogen) atoms. The first-order valence-electron chi connectivity index (χ1n) is 5.98. The minimum Gasteiger partial charge on any atom is -0.290 e. The maximum Gasteiger partial charge on any atom is 0.182 e. The molecule has 1 nitrogen and oxygen atoms in total. The monoisotopic (exact) mass is 200 g/mol. The van der Waals surface area contributed by atoms with Gasteiger partial charge in [-0.2, -0.15) is 0 Å². The van der Waals surface area contributed by atoms with Gasteiger partial charge in [-0.25, -0.2) is 0 Å². The van der Waals surface area contributed by atoms with Crippen molar-refractivity contribution in [1.29, 1.82) is 0 Å². The highest BCUT2D eigenvalue weighted by Gasteiger charge is 2.35. The zero-order valence-electron chi connectivity index (χ0n) is 8.91. The Hall–Kier alpha value is -1.11. The van der Waals surface area contributed by atoms with Gasteiger partial charge >= 0.3 is 0 Å². The summed E-state index contributed by atoms with van der Waals surface area (Å²) in [6.45, 7) is 0. The van der Waals surface area contributed by atoms with Gasteiger partial charge in [0.05, 0.1) is 0 Å². The molecule has 1 saturated carbocycles. The zero-order valence-corrected chi connectivity index (χ0v) is 8.91. The Morgan fingerprint density at radius 3 is 3.07 bits per heavy atom. The molecule has 0 aromatic heterocycles. The fraction of sp³-hybridized carbons (Fsp3) is 0.500. The number of hydrogen-bond donors (Lipinski definition) is 0. The van der Waals surface area contributed by atoms with Gasteiger partial charge in [-0.1, -0.05) is 30.2 Å². The van der Waals surface area contributed by atoms with Gasteiger partial charge in [0, 0.05) is 5.57 Å². The quantitative estimate of drug-likeness (QED) is 0.587. The number of ketones is 1. The first-order valence-corrected chi connectivity index (χ1v) is 5.98. The molecular weight excluding hydrogens is 184 g/mol. The maximum absolute atomic E-state index is 11.9. The van der Waals surface area contributed by atoms with Crippen LogP contribution in [0.4, 0.5) is 0 Å². The highest BCUT2D eigenvalue weighted by molar-refractivity contribution is 6.06. The Balaban J connectivity index is 2.02. The molecule has 0 bridgehead atoms. The van der Waals surface area contributed by atoms with Crippen LogP contribution in [0.15, 0.2) is 35.5 Å². The normalized spacial score (nSPS) is 34.0. The largest absolute Gasteiger partial charge is 0.290 e. The summed E-state index contributed by atoms with van der Waals surface area (Å²) < 4.78 is 0. The Morgan fingerprint density at radius 2 is 2.13 bits per heavy atom. The molecule has 0 spiro atoms. The van der Waals surface area contributed by atoms with Gasteiger partial charge in [0.2, 0.25) is 0 Å². The maximum atomic E-state index is 11.9. The topological polar surface area (TPSA) is 17.1 Å². The summed E-state index contributed by atoms with van der Waals surface area (Å²) in [5, 5.41) is 0. The van der Waals surface area contributed by atoms with Gasteiger partial charge in [-0.3, -0.25) is 4.79 Å². The van der Waals surface area contributed by atoms with Gasteiger partial charge in [0.25, 0.3) is 0 Å². The molecule has 3 aliphatic carbocycles. The molecule has 0 heterocycles. The van der Waals surface area contributed by atoms with E-state index >= 15 is 0 Å². The third-order valence-electron chi connectivity index (χ3n) is 3.99. The van der Waals surface area contributed by atoms with E-state index in [1.165, 1.54) is 24.8 Å². The van der Waals surface area contributed by atoms with Crippen LogP contribution in [0.3, 0.4) is 0 Å². The van der Waals surface area contributed by atoms with Crippen LogP contribution in [0.1, 0.15) is 32.1 Å². The number of carbonyl (C=O) groups excluding carboxylic acids is 1. The summed E-state index contributed by atoms with van der Waals surface area (Å²) in [6, 6.07) is 0. The van der Waals surface area contributed by atoms with Crippen LogP contribution < -0.4 is 0 Å². The Labute approximate surface area is 90.6 Å². The number of allylic oxidation sites excluding steroid dienone is 6. The van der Waals surface area contributed by atoms with Crippen LogP contribution in [0.25, 0.3) is 0 Å². The fourth-order valence-corrected chi connectivity index (χ4v) is 3.25. The molecule has 1 fully saturated rings. The summed E-state index contributed by atoms with van der Waals surface area (Å²) in [7, 11) is 0. The van der Waals surface area contributed by atoms with Crippen molar-refractivity contribution >= 4 is 5.78 Å². The van der Waals surface area contributed by atoms with Crippen molar-refractivity contribution in [2.75, 3.05) is 0 Å². The van der Waals surface area contributed by atoms with E-state index in [1.54, 1.807) is 0 Å². The van der Waals surface area contributed by atoms with Crippen LogP contribution in [-0.4, -0.2) is 5.78 Å². The molecule has 0 aromatic rings. The van der Waals surface area contributed by atoms with Crippen molar-refractivity contribution < 1.29 is 4.79 Å². The van der Waals surface area contributed by atoms with Crippen molar-refractivity contribution in [2.24, 2.45) is 11.8 Å². The zero-order chi connectivity index (χ0) is 10.3. The van der Waals surface area contributed by atoms with E-state index in [4.69, 9.17) is 0 Å². The number of carbonyl (C=O) groups is 1. The summed E-state index contributed by atoms with van der Waals surface area (Å²) >= 11 is 0. The second kappa shape index (κ2) is 3.48. The van der Waals surface area contributed by atoms with E-state index in [0.717, 1.165) is 18.4 Å². The molecule has 78 valence electrons. The van der Waals surface area contributed by atoms with E-state index in [1.807, 2.05) is 18.2 Å². The first-order chi connectivity index (χ1) is 7.36. The van der Waals surface area contributed by atoms with Crippen LogP contribution in [0.5, 0.6) is 0 Å². The van der Waals surface area contributed by atoms with Crippen LogP contribution in [0.2, 0.25) is 0 Å². The van der Waals surface area contributed by atoms with Gasteiger partial charge < -0.3 is 0 Å². The molecular formula is C14H16O. The lowest BCUT2D eigenvalue weighted by Crippen LogP contribution is -2.30. The van der Waals surface area contributed by atoms with Crippen LogP contribution >= 0.6 is 0 Å². The molecule has 0 saturated heterocycles. The van der Waals surface area contributed by atoms with Crippen LogP contribution in [-0.2, 0) is 4.79 Å². The third-order valence-corrected chi connectivity index (χ3v) is 3.99. The van der Waals surface area contributed by atoms with E-state index in [2.05, 4.69) is 6.08 Å². The molecule has 3 aliphatic rings. The van der Waals surface area contributed by atoms with E-state index in [9.17, 15) is 4.79 Å². The van der Waals surface area contributed by atoms with Crippen LogP contribution in [0, 0.1) is 11.8 Å². The number of fused-ring (bicyclic) bond motifs is 3. The Morgan fingerprint density at radius 1 is 1.20 bits per heavy atom. The second-order valence-corrected chi connectivity index (χ2v) is 4.83. The molecule has 1 heteroatoms. The highest BCUT2D eigenvalue weighted by atomic mass is 16.1. The molecule has 0 N–H and O–H groups in total. The lowest BCUT2D eigenvalue weighted by atomic mass is 9.66. The van der Waals surface area contributed by atoms with Gasteiger partial charge in [0.1, 0.15) is 0 Å². The van der Waals surface area contributed by atoms with Crippen molar-refractivity contribution in [1.82, 2.24) is 0 Å². The van der Waals surface area contributed by atoms with Gasteiger partial charge in [0.15, 0.2) is 5.78 Å². The summed E-state index contributed by atoms with van der Waals surface area (Å²) in [5.74, 6) is 1.45. The van der Waals surface area contributed by atoms with Crippen molar-refractivity contribution in [3.8, 4) is 0 Å². The molecule has 2 unspecified atom stereocenters. The minimum atomic E-state index is 0.275. The lowest BCUT2D eigenvalue weighted by molar-refractivity contribution is -0.112. The number of rotatable bonds is 0. The fourth-order valence-electron chi connectivity index (χ4n) is 3.25. The second-order valence-electron chi connectivity index (χ2n) is 4.83. The third kappa shape index (κ3) is 1.41. The Kier molecular flexibility index (Phi) is 2.12. The molecule has 3 rings (SSSR count). The minimum absolute atomic E-state index is 0.275. The smallest absolute Gasteiger partial charge is 0.182 e. The van der Waals surface area contributed by atoms with E-state index < -0.39 is 0 Å². The Bertz CT molecular complexity index is 384. The lowest BCUT2D eigenvalue weighted by Gasteiger charge is -2.37. The summed E-state index contributed by atoms with van der Waals surface area (Å²) in [4.78, 5) is 11.9. The highest BCUT2D eigenvalue weighted by Crippen LogP contribution is 2.44. The molecule has 0 aromatic carbocycles. The molecule has 2 atom stereocenters. The molecule has 0 aliphatic heterocycles. The van der Waals surface area contributed by atoms with Crippen molar-refractivity contribution in [3.63, 3.8) is 0 Å². The predicted octanol–water partition coefficient (Wildman–Crippen LogP) is 3.19. The summed E-state index contributed by atoms with van der Waals surface area (Å²) in [6.07, 6.45) is 14.3.